The molecular formula is C19H20Cl2N2. The Balaban J connectivity index is 1.55. The van der Waals surface area contributed by atoms with Crippen LogP contribution in [0.15, 0.2) is 41.4 Å². The van der Waals surface area contributed by atoms with Gasteiger partial charge >= 0.3 is 0 Å². The standard InChI is InChI=1S/C19H20Cl2N2/c1-12-3-4-19-15(5-12)9-18(23-19)6-13(2)22-11-14-7-16(20)10-17(21)8-14/h3-5,7-8,10,13,22H,6,9,11H2,1-2H3. The molecule has 0 amide bonds. The van der Waals surface area contributed by atoms with Gasteiger partial charge in [-0.1, -0.05) is 40.9 Å². The molecule has 0 spiro atoms. The summed E-state index contributed by atoms with van der Waals surface area (Å²) in [7, 11) is 0. The van der Waals surface area contributed by atoms with Crippen molar-refractivity contribution in [1.82, 2.24) is 5.32 Å². The van der Waals surface area contributed by atoms with Gasteiger partial charge in [0.1, 0.15) is 0 Å². The van der Waals surface area contributed by atoms with Crippen molar-refractivity contribution in [2.45, 2.75) is 39.3 Å². The van der Waals surface area contributed by atoms with Gasteiger partial charge in [0.2, 0.25) is 0 Å². The van der Waals surface area contributed by atoms with Crippen molar-refractivity contribution in [1.29, 1.82) is 0 Å². The predicted molar refractivity (Wildman–Crippen MR) is 99.4 cm³/mol. The van der Waals surface area contributed by atoms with Crippen molar-refractivity contribution in [3.05, 3.63) is 63.1 Å². The van der Waals surface area contributed by atoms with Gasteiger partial charge in [-0.25, -0.2) is 0 Å². The number of halogens is 2. The lowest BCUT2D eigenvalue weighted by atomic mass is 10.0. The molecule has 2 aromatic rings. The maximum atomic E-state index is 6.04. The van der Waals surface area contributed by atoms with E-state index in [-0.39, 0.29) is 0 Å². The second-order valence-electron chi connectivity index (χ2n) is 6.25. The van der Waals surface area contributed by atoms with Crippen LogP contribution < -0.4 is 5.32 Å². The molecule has 1 N–H and O–H groups in total. The summed E-state index contributed by atoms with van der Waals surface area (Å²) in [5, 5.41) is 4.87. The molecule has 0 saturated carbocycles. The topological polar surface area (TPSA) is 24.4 Å². The first kappa shape index (κ1) is 16.5. The molecule has 0 saturated heterocycles. The summed E-state index contributed by atoms with van der Waals surface area (Å²) in [6, 6.07) is 12.5. The van der Waals surface area contributed by atoms with E-state index >= 15 is 0 Å². The first-order chi connectivity index (χ1) is 11.0. The molecule has 0 fully saturated rings. The van der Waals surface area contributed by atoms with Gasteiger partial charge < -0.3 is 5.32 Å². The Morgan fingerprint density at radius 3 is 2.61 bits per heavy atom. The first-order valence-electron chi connectivity index (χ1n) is 7.84. The zero-order valence-corrected chi connectivity index (χ0v) is 14.9. The zero-order chi connectivity index (χ0) is 16.4. The van der Waals surface area contributed by atoms with Crippen LogP contribution in [0.3, 0.4) is 0 Å². The summed E-state index contributed by atoms with van der Waals surface area (Å²) in [6.07, 6.45) is 1.91. The van der Waals surface area contributed by atoms with Crippen LogP contribution in [0.25, 0.3) is 0 Å². The van der Waals surface area contributed by atoms with Crippen LogP contribution in [0.5, 0.6) is 0 Å². The Hall–Kier alpha value is -1.35. The van der Waals surface area contributed by atoms with Gasteiger partial charge in [0, 0.05) is 41.2 Å². The zero-order valence-electron chi connectivity index (χ0n) is 13.4. The van der Waals surface area contributed by atoms with Crippen molar-refractivity contribution in [2.24, 2.45) is 4.99 Å². The molecule has 1 aliphatic heterocycles. The van der Waals surface area contributed by atoms with E-state index in [9.17, 15) is 0 Å². The number of benzene rings is 2. The number of rotatable bonds is 5. The number of nitrogens with one attached hydrogen (secondary N) is 1. The van der Waals surface area contributed by atoms with E-state index in [1.54, 1.807) is 6.07 Å². The molecule has 1 aliphatic rings. The van der Waals surface area contributed by atoms with Gasteiger partial charge in [-0.3, -0.25) is 4.99 Å². The minimum atomic E-state index is 0.349. The molecule has 120 valence electrons. The average Bonchev–Trinajstić information content (AvgIpc) is 2.85. The Labute approximate surface area is 147 Å². The van der Waals surface area contributed by atoms with Crippen LogP contribution in [-0.2, 0) is 13.0 Å². The molecule has 3 rings (SSSR count). The fourth-order valence-corrected chi connectivity index (χ4v) is 3.51. The van der Waals surface area contributed by atoms with E-state index in [2.05, 4.69) is 37.4 Å². The van der Waals surface area contributed by atoms with Crippen LogP contribution in [0.4, 0.5) is 5.69 Å². The summed E-state index contributed by atoms with van der Waals surface area (Å²) >= 11 is 12.1. The molecular weight excluding hydrogens is 327 g/mol. The molecule has 23 heavy (non-hydrogen) atoms. The van der Waals surface area contributed by atoms with Gasteiger partial charge in [0.25, 0.3) is 0 Å². The Morgan fingerprint density at radius 2 is 1.87 bits per heavy atom. The van der Waals surface area contributed by atoms with Gasteiger partial charge in [-0.2, -0.15) is 0 Å². The Morgan fingerprint density at radius 1 is 1.13 bits per heavy atom. The van der Waals surface area contributed by atoms with Crippen LogP contribution in [0, 0.1) is 6.92 Å². The SMILES string of the molecule is Cc1ccc2c(c1)CC(CC(C)NCc1cc(Cl)cc(Cl)c1)=N2. The third-order valence-electron chi connectivity index (χ3n) is 4.03. The summed E-state index contributed by atoms with van der Waals surface area (Å²) in [5.41, 5.74) is 6.11. The molecule has 1 atom stereocenters. The highest BCUT2D eigenvalue weighted by Gasteiger charge is 2.16. The van der Waals surface area contributed by atoms with Crippen molar-refractivity contribution in [2.75, 3.05) is 0 Å². The maximum Gasteiger partial charge on any atom is 0.0665 e. The van der Waals surface area contributed by atoms with E-state index in [0.717, 1.165) is 30.6 Å². The monoisotopic (exact) mass is 346 g/mol. The average molecular weight is 347 g/mol. The number of nitrogens with zero attached hydrogens (tertiary/aromatic N) is 1. The molecule has 0 radical (unpaired) electrons. The van der Waals surface area contributed by atoms with Crippen molar-refractivity contribution in [3.63, 3.8) is 0 Å². The second-order valence-corrected chi connectivity index (χ2v) is 7.12. The van der Waals surface area contributed by atoms with E-state index in [4.69, 9.17) is 28.2 Å². The highest BCUT2D eigenvalue weighted by atomic mass is 35.5. The van der Waals surface area contributed by atoms with Gasteiger partial charge in [-0.05, 0) is 49.2 Å². The molecule has 0 aliphatic carbocycles. The van der Waals surface area contributed by atoms with Gasteiger partial charge in [-0.15, -0.1) is 0 Å². The predicted octanol–water partition coefficient (Wildman–Crippen LogP) is 5.50. The Kier molecular flexibility index (Phi) is 5.05. The number of aliphatic imine (C=N–C) groups is 1. The largest absolute Gasteiger partial charge is 0.310 e. The smallest absolute Gasteiger partial charge is 0.0665 e. The van der Waals surface area contributed by atoms with Gasteiger partial charge in [0.05, 0.1) is 5.69 Å². The molecule has 1 heterocycles. The highest BCUT2D eigenvalue weighted by molar-refractivity contribution is 6.34. The summed E-state index contributed by atoms with van der Waals surface area (Å²) in [5.74, 6) is 0. The number of hydrogen-bond donors (Lipinski definition) is 1. The lowest BCUT2D eigenvalue weighted by Gasteiger charge is -2.14. The molecule has 0 aromatic heterocycles. The maximum absolute atomic E-state index is 6.04. The fraction of sp³-hybridized carbons (Fsp3) is 0.316. The van der Waals surface area contributed by atoms with Crippen LogP contribution in [0.2, 0.25) is 10.0 Å². The first-order valence-corrected chi connectivity index (χ1v) is 8.59. The normalized spacial score (nSPS) is 14.5. The van der Waals surface area contributed by atoms with Crippen molar-refractivity contribution in [3.8, 4) is 0 Å². The second kappa shape index (κ2) is 7.04. The summed E-state index contributed by atoms with van der Waals surface area (Å²) in [4.78, 5) is 4.75. The van der Waals surface area contributed by atoms with Crippen molar-refractivity contribution >= 4 is 34.6 Å². The van der Waals surface area contributed by atoms with E-state index in [1.165, 1.54) is 16.8 Å². The molecule has 1 unspecified atom stereocenters. The molecule has 2 nitrogen and oxygen atoms in total. The quantitative estimate of drug-likeness (QED) is 0.759. The van der Waals surface area contributed by atoms with Crippen LogP contribution in [-0.4, -0.2) is 11.8 Å². The third kappa shape index (κ3) is 4.35. The number of hydrogen-bond acceptors (Lipinski definition) is 2. The van der Waals surface area contributed by atoms with E-state index in [1.807, 2.05) is 12.1 Å². The number of aryl methyl sites for hydroxylation is 1. The summed E-state index contributed by atoms with van der Waals surface area (Å²) in [6.45, 7) is 5.06. The highest BCUT2D eigenvalue weighted by Crippen LogP contribution is 2.28. The molecule has 0 bridgehead atoms. The lowest BCUT2D eigenvalue weighted by molar-refractivity contribution is 0.562. The minimum absolute atomic E-state index is 0.349. The molecule has 4 heteroatoms. The van der Waals surface area contributed by atoms with E-state index < -0.39 is 0 Å². The van der Waals surface area contributed by atoms with Crippen molar-refractivity contribution < 1.29 is 0 Å². The minimum Gasteiger partial charge on any atom is -0.310 e. The fourth-order valence-electron chi connectivity index (χ4n) is 2.94. The molecule has 2 aromatic carbocycles. The third-order valence-corrected chi connectivity index (χ3v) is 4.46. The van der Waals surface area contributed by atoms with Crippen LogP contribution in [0.1, 0.15) is 30.0 Å². The van der Waals surface area contributed by atoms with Crippen LogP contribution >= 0.6 is 23.2 Å². The number of fused-ring (bicyclic) bond motifs is 1. The summed E-state index contributed by atoms with van der Waals surface area (Å²) < 4.78 is 0. The van der Waals surface area contributed by atoms with E-state index in [0.29, 0.717) is 16.1 Å². The Bertz CT molecular complexity index is 733. The lowest BCUT2D eigenvalue weighted by Crippen LogP contribution is -2.28. The van der Waals surface area contributed by atoms with Gasteiger partial charge in [0.15, 0.2) is 0 Å².